The Bertz CT molecular complexity index is 391. The molecule has 1 saturated carbocycles. The van der Waals surface area contributed by atoms with Crippen molar-refractivity contribution in [2.24, 2.45) is 23.2 Å². The molecule has 0 radical (unpaired) electrons. The summed E-state index contributed by atoms with van der Waals surface area (Å²) in [7, 11) is 0. The van der Waals surface area contributed by atoms with E-state index in [0.717, 1.165) is 30.3 Å². The van der Waals surface area contributed by atoms with Crippen LogP contribution in [-0.2, 0) is 4.79 Å². The molecular formula is C15H24O3. The summed E-state index contributed by atoms with van der Waals surface area (Å²) in [6.45, 7) is 7.87. The fraction of sp³-hybridized carbons (Fsp3) is 0.800. The fourth-order valence-electron chi connectivity index (χ4n) is 4.25. The summed E-state index contributed by atoms with van der Waals surface area (Å²) in [5.41, 5.74) is 1.06. The first-order valence-corrected chi connectivity index (χ1v) is 6.77. The van der Waals surface area contributed by atoms with Crippen molar-refractivity contribution in [1.82, 2.24) is 0 Å². The maximum Gasteiger partial charge on any atom is 0.146 e. The van der Waals surface area contributed by atoms with Gasteiger partial charge in [0, 0.05) is 6.61 Å². The maximum atomic E-state index is 11.4. The smallest absolute Gasteiger partial charge is 0.146 e. The molecule has 0 aromatic carbocycles. The Kier molecular flexibility index (Phi) is 3.19. The summed E-state index contributed by atoms with van der Waals surface area (Å²) in [6, 6.07) is 0. The Labute approximate surface area is 109 Å². The number of hydrogen-bond acceptors (Lipinski definition) is 3. The largest absolute Gasteiger partial charge is 0.396 e. The van der Waals surface area contributed by atoms with E-state index in [2.05, 4.69) is 6.92 Å². The highest BCUT2D eigenvalue weighted by Crippen LogP contribution is 2.61. The van der Waals surface area contributed by atoms with E-state index >= 15 is 0 Å². The molecule has 1 fully saturated rings. The molecule has 2 unspecified atom stereocenters. The normalized spacial score (nSPS) is 40.2. The van der Waals surface area contributed by atoms with Crippen LogP contribution in [0.15, 0.2) is 11.1 Å². The van der Waals surface area contributed by atoms with Crippen LogP contribution in [0.3, 0.4) is 0 Å². The maximum absolute atomic E-state index is 11.4. The molecule has 4 atom stereocenters. The lowest BCUT2D eigenvalue weighted by Gasteiger charge is -2.47. The third-order valence-electron chi connectivity index (χ3n) is 5.54. The van der Waals surface area contributed by atoms with Gasteiger partial charge in [0.05, 0.1) is 5.60 Å². The first-order chi connectivity index (χ1) is 8.27. The topological polar surface area (TPSA) is 57.5 Å². The number of fused-ring (bicyclic) bond motifs is 2. The lowest BCUT2D eigenvalue weighted by atomic mass is 9.59. The van der Waals surface area contributed by atoms with Gasteiger partial charge in [-0.2, -0.15) is 0 Å². The molecule has 3 nitrogen and oxygen atoms in total. The Morgan fingerprint density at radius 2 is 2.11 bits per heavy atom. The summed E-state index contributed by atoms with van der Waals surface area (Å²) in [4.78, 5) is 11.4. The Balaban J connectivity index is 2.51. The predicted octanol–water partition coefficient (Wildman–Crippen LogP) is 1.93. The quantitative estimate of drug-likeness (QED) is 0.755. The van der Waals surface area contributed by atoms with Crippen molar-refractivity contribution in [2.45, 2.75) is 46.1 Å². The summed E-state index contributed by atoms with van der Waals surface area (Å²) >= 11 is 0. The van der Waals surface area contributed by atoms with Crippen molar-refractivity contribution in [3.8, 4) is 0 Å². The molecule has 18 heavy (non-hydrogen) atoms. The molecule has 0 heterocycles. The average molecular weight is 252 g/mol. The standard InChI is InChI=1S/C15H24O3/c1-9-10(7-16)13-11(14(2,3)18)5-6-15(9,4)12(13)8-17/h7,11-13,17-18H,5-6,8H2,1-4H3/t11-,12-,13?,15?/m0/s1. The van der Waals surface area contributed by atoms with Crippen molar-refractivity contribution in [3.05, 3.63) is 11.1 Å². The minimum Gasteiger partial charge on any atom is -0.396 e. The zero-order chi connectivity index (χ0) is 13.7. The first-order valence-electron chi connectivity index (χ1n) is 6.77. The monoisotopic (exact) mass is 252 g/mol. The second kappa shape index (κ2) is 4.17. The molecule has 2 N–H and O–H groups in total. The first kappa shape index (κ1) is 13.8. The minimum atomic E-state index is -0.807. The fourth-order valence-corrected chi connectivity index (χ4v) is 4.25. The lowest BCUT2D eigenvalue weighted by molar-refractivity contribution is -0.107. The van der Waals surface area contributed by atoms with Crippen molar-refractivity contribution in [2.75, 3.05) is 6.61 Å². The van der Waals surface area contributed by atoms with Crippen LogP contribution in [0.4, 0.5) is 0 Å². The number of aliphatic hydroxyl groups excluding tert-OH is 1. The highest BCUT2D eigenvalue weighted by molar-refractivity contribution is 5.77. The summed E-state index contributed by atoms with van der Waals surface area (Å²) in [5.74, 6) is 0.134. The van der Waals surface area contributed by atoms with Gasteiger partial charge >= 0.3 is 0 Å². The van der Waals surface area contributed by atoms with Crippen LogP contribution in [0.2, 0.25) is 0 Å². The number of carbonyl (C=O) groups is 1. The Morgan fingerprint density at radius 1 is 1.50 bits per heavy atom. The molecular weight excluding hydrogens is 228 g/mol. The Hall–Kier alpha value is -0.670. The molecule has 0 saturated heterocycles. The molecule has 3 heteroatoms. The SMILES string of the molecule is CC1=C(C=O)C2[C@@H](C(C)(C)O)CCC1(C)[C@H]2CO. The number of aldehydes is 1. The molecule has 2 aliphatic rings. The highest BCUT2D eigenvalue weighted by atomic mass is 16.3. The zero-order valence-corrected chi connectivity index (χ0v) is 11.7. The van der Waals surface area contributed by atoms with Gasteiger partial charge in [0.2, 0.25) is 0 Å². The van der Waals surface area contributed by atoms with Gasteiger partial charge in [-0.25, -0.2) is 0 Å². The average Bonchev–Trinajstić information content (AvgIpc) is 2.40. The van der Waals surface area contributed by atoms with E-state index in [4.69, 9.17) is 0 Å². The van der Waals surface area contributed by atoms with Gasteiger partial charge in [0.25, 0.3) is 0 Å². The van der Waals surface area contributed by atoms with E-state index in [9.17, 15) is 15.0 Å². The lowest BCUT2D eigenvalue weighted by Crippen LogP contribution is -2.46. The van der Waals surface area contributed by atoms with Gasteiger partial charge in [0.15, 0.2) is 0 Å². The molecule has 2 bridgehead atoms. The second-order valence-electron chi connectivity index (χ2n) is 6.73. The predicted molar refractivity (Wildman–Crippen MR) is 70.0 cm³/mol. The molecule has 2 aliphatic carbocycles. The van der Waals surface area contributed by atoms with Crippen LogP contribution in [0.5, 0.6) is 0 Å². The van der Waals surface area contributed by atoms with Crippen molar-refractivity contribution >= 4 is 6.29 Å². The van der Waals surface area contributed by atoms with Crippen LogP contribution in [0, 0.1) is 23.2 Å². The van der Waals surface area contributed by atoms with Gasteiger partial charge in [-0.15, -0.1) is 0 Å². The zero-order valence-electron chi connectivity index (χ0n) is 11.7. The third-order valence-corrected chi connectivity index (χ3v) is 5.54. The summed E-state index contributed by atoms with van der Waals surface area (Å²) < 4.78 is 0. The van der Waals surface area contributed by atoms with Crippen LogP contribution in [-0.4, -0.2) is 28.7 Å². The van der Waals surface area contributed by atoms with Crippen LogP contribution >= 0.6 is 0 Å². The van der Waals surface area contributed by atoms with E-state index in [1.54, 1.807) is 0 Å². The summed E-state index contributed by atoms with van der Waals surface area (Å²) in [6.07, 6.45) is 2.79. The minimum absolute atomic E-state index is 0.00579. The molecule has 2 rings (SSSR count). The number of rotatable bonds is 3. The van der Waals surface area contributed by atoms with Gasteiger partial charge in [0.1, 0.15) is 6.29 Å². The summed E-state index contributed by atoms with van der Waals surface area (Å²) in [5, 5.41) is 20.1. The second-order valence-corrected chi connectivity index (χ2v) is 6.73. The Morgan fingerprint density at radius 3 is 2.56 bits per heavy atom. The molecule has 0 amide bonds. The van der Waals surface area contributed by atoms with Gasteiger partial charge in [-0.1, -0.05) is 12.5 Å². The number of carbonyl (C=O) groups excluding carboxylic acids is 1. The number of aliphatic hydroxyl groups is 2. The van der Waals surface area contributed by atoms with E-state index in [1.165, 1.54) is 0 Å². The van der Waals surface area contributed by atoms with Crippen LogP contribution in [0.1, 0.15) is 40.5 Å². The van der Waals surface area contributed by atoms with Crippen molar-refractivity contribution < 1.29 is 15.0 Å². The molecule has 0 aromatic heterocycles. The third kappa shape index (κ3) is 1.68. The van der Waals surface area contributed by atoms with Crippen LogP contribution < -0.4 is 0 Å². The molecule has 0 spiro atoms. The van der Waals surface area contributed by atoms with E-state index in [-0.39, 0.29) is 29.8 Å². The molecule has 102 valence electrons. The van der Waals surface area contributed by atoms with E-state index in [0.29, 0.717) is 0 Å². The molecule has 0 aliphatic heterocycles. The van der Waals surface area contributed by atoms with Crippen LogP contribution in [0.25, 0.3) is 0 Å². The van der Waals surface area contributed by atoms with Crippen molar-refractivity contribution in [3.63, 3.8) is 0 Å². The number of hydrogen-bond donors (Lipinski definition) is 2. The van der Waals surface area contributed by atoms with Gasteiger partial charge in [-0.05, 0) is 62.4 Å². The van der Waals surface area contributed by atoms with E-state index < -0.39 is 5.60 Å². The highest BCUT2D eigenvalue weighted by Gasteiger charge is 2.56. The van der Waals surface area contributed by atoms with Crippen molar-refractivity contribution in [1.29, 1.82) is 0 Å². The van der Waals surface area contributed by atoms with E-state index in [1.807, 2.05) is 20.8 Å². The number of allylic oxidation sites excluding steroid dienone is 2. The van der Waals surface area contributed by atoms with Gasteiger partial charge in [-0.3, -0.25) is 4.79 Å². The molecule has 0 aromatic rings. The van der Waals surface area contributed by atoms with Gasteiger partial charge < -0.3 is 10.2 Å².